The monoisotopic (exact) mass is 398 g/mol. The second-order valence-corrected chi connectivity index (χ2v) is 5.79. The fourth-order valence-corrected chi connectivity index (χ4v) is 2.53. The number of alkyl halides is 3. The van der Waals surface area contributed by atoms with Crippen molar-refractivity contribution in [1.82, 2.24) is 15.0 Å². The summed E-state index contributed by atoms with van der Waals surface area (Å²) in [5.41, 5.74) is 4.28. The average molecular weight is 399 g/mol. The molecule has 0 aliphatic rings. The van der Waals surface area contributed by atoms with Crippen LogP contribution in [0.1, 0.15) is 16.1 Å². The van der Waals surface area contributed by atoms with Gasteiger partial charge in [-0.2, -0.15) is 13.2 Å². The highest BCUT2D eigenvalue weighted by Gasteiger charge is 2.32. The molecule has 0 aliphatic carbocycles. The maximum absolute atomic E-state index is 13.2. The lowest BCUT2D eigenvalue weighted by Crippen LogP contribution is -2.31. The zero-order chi connectivity index (χ0) is 19.6. The molecular weight excluding hydrogens is 388 g/mol. The quantitative estimate of drug-likeness (QED) is 0.504. The van der Waals surface area contributed by atoms with Crippen LogP contribution in [0.15, 0.2) is 54.9 Å². The van der Waals surface area contributed by atoms with E-state index in [2.05, 4.69) is 15.8 Å². The summed E-state index contributed by atoms with van der Waals surface area (Å²) in [6.45, 7) is 0. The topological polar surface area (TPSA) is 59.0 Å². The molecule has 0 spiro atoms. The van der Waals surface area contributed by atoms with Crippen molar-refractivity contribution in [2.75, 3.05) is 5.43 Å². The second-order valence-electron chi connectivity index (χ2n) is 5.38. The van der Waals surface area contributed by atoms with Gasteiger partial charge >= 0.3 is 6.18 Å². The molecule has 2 aromatic heterocycles. The Morgan fingerprint density at radius 1 is 1.15 bits per heavy atom. The molecule has 0 bridgehead atoms. The van der Waals surface area contributed by atoms with Crippen molar-refractivity contribution in [3.63, 3.8) is 0 Å². The first kappa shape index (κ1) is 18.7. The third-order valence-electron chi connectivity index (χ3n) is 3.50. The third kappa shape index (κ3) is 4.20. The highest BCUT2D eigenvalue weighted by Crippen LogP contribution is 2.32. The molecule has 1 amide bonds. The minimum atomic E-state index is -4.58. The van der Waals surface area contributed by atoms with Gasteiger partial charge in [-0.1, -0.05) is 17.7 Å². The third-order valence-corrected chi connectivity index (χ3v) is 3.78. The number of hydrogen-bond acceptors (Lipinski definition) is 3. The normalized spacial score (nSPS) is 11.3. The fourth-order valence-electron chi connectivity index (χ4n) is 2.27. The van der Waals surface area contributed by atoms with E-state index in [1.54, 1.807) is 0 Å². The Morgan fingerprint density at radius 3 is 2.59 bits per heavy atom. The zero-order valence-electron chi connectivity index (χ0n) is 13.4. The van der Waals surface area contributed by atoms with Crippen LogP contribution in [0, 0.1) is 5.82 Å². The number of aromatic nitrogens is 2. The molecule has 10 heteroatoms. The molecule has 0 saturated carbocycles. The first-order valence-electron chi connectivity index (χ1n) is 7.48. The fraction of sp³-hybridized carbons (Fsp3) is 0.0588. The highest BCUT2D eigenvalue weighted by molar-refractivity contribution is 6.32. The Hall–Kier alpha value is -3.07. The number of amides is 1. The Bertz CT molecular complexity index is 987. The number of rotatable bonds is 4. The molecule has 0 atom stereocenters. The predicted octanol–water partition coefficient (Wildman–Crippen LogP) is 4.44. The van der Waals surface area contributed by atoms with Crippen LogP contribution in [-0.4, -0.2) is 15.5 Å². The average Bonchev–Trinajstić information content (AvgIpc) is 3.08. The molecule has 27 heavy (non-hydrogen) atoms. The standard InChI is InChI=1S/C17H11ClF4N4O/c18-13-7-10(17(20,21)22)9-23-15(13)26-6-2-5-14(26)16(27)25-24-12-4-1-3-11(19)8-12/h1-9,24H,(H,25,27). The van der Waals surface area contributed by atoms with Crippen molar-refractivity contribution in [3.05, 3.63) is 77.0 Å². The molecule has 5 nitrogen and oxygen atoms in total. The van der Waals surface area contributed by atoms with Gasteiger partial charge in [0.15, 0.2) is 5.82 Å². The Morgan fingerprint density at radius 2 is 1.93 bits per heavy atom. The number of carbonyl (C=O) groups is 1. The number of halogens is 5. The van der Waals surface area contributed by atoms with Crippen LogP contribution < -0.4 is 10.9 Å². The summed E-state index contributed by atoms with van der Waals surface area (Å²) in [5.74, 6) is -1.15. The Labute approximate surface area is 155 Å². The number of anilines is 1. The number of benzene rings is 1. The number of nitrogens with zero attached hydrogens (tertiary/aromatic N) is 2. The summed E-state index contributed by atoms with van der Waals surface area (Å²) in [4.78, 5) is 16.1. The van der Waals surface area contributed by atoms with E-state index in [0.717, 1.165) is 6.07 Å². The first-order valence-corrected chi connectivity index (χ1v) is 7.86. The van der Waals surface area contributed by atoms with Crippen molar-refractivity contribution in [3.8, 4) is 5.82 Å². The maximum atomic E-state index is 13.2. The van der Waals surface area contributed by atoms with Crippen LogP contribution in [0.25, 0.3) is 5.82 Å². The lowest BCUT2D eigenvalue weighted by atomic mass is 10.2. The molecule has 1 aromatic carbocycles. The summed E-state index contributed by atoms with van der Waals surface area (Å²) < 4.78 is 52.6. The maximum Gasteiger partial charge on any atom is 0.417 e. The van der Waals surface area contributed by atoms with E-state index in [0.29, 0.717) is 11.9 Å². The number of carbonyl (C=O) groups excluding carboxylic acids is 1. The van der Waals surface area contributed by atoms with E-state index < -0.39 is 23.5 Å². The smallest absolute Gasteiger partial charge is 0.298 e. The predicted molar refractivity (Wildman–Crippen MR) is 91.1 cm³/mol. The summed E-state index contributed by atoms with van der Waals surface area (Å²) >= 11 is 5.92. The number of pyridine rings is 1. The van der Waals surface area contributed by atoms with Gasteiger partial charge in [0.1, 0.15) is 11.5 Å². The van der Waals surface area contributed by atoms with E-state index >= 15 is 0 Å². The lowest BCUT2D eigenvalue weighted by Gasteiger charge is -2.13. The van der Waals surface area contributed by atoms with Gasteiger partial charge in [0.2, 0.25) is 0 Å². The SMILES string of the molecule is O=C(NNc1cccc(F)c1)c1cccn1-c1ncc(C(F)(F)F)cc1Cl. The summed E-state index contributed by atoms with van der Waals surface area (Å²) in [6.07, 6.45) is -2.52. The van der Waals surface area contributed by atoms with E-state index in [-0.39, 0.29) is 16.5 Å². The van der Waals surface area contributed by atoms with Gasteiger partial charge in [0.05, 0.1) is 16.3 Å². The number of hydrogen-bond donors (Lipinski definition) is 2. The van der Waals surface area contributed by atoms with Crippen LogP contribution in [0.2, 0.25) is 5.02 Å². The van der Waals surface area contributed by atoms with Crippen LogP contribution >= 0.6 is 11.6 Å². The molecular formula is C17H11ClF4N4O. The Balaban J connectivity index is 1.82. The van der Waals surface area contributed by atoms with Gasteiger partial charge in [-0.3, -0.25) is 20.2 Å². The lowest BCUT2D eigenvalue weighted by molar-refractivity contribution is -0.137. The molecule has 140 valence electrons. The van der Waals surface area contributed by atoms with Crippen molar-refractivity contribution in [2.24, 2.45) is 0 Å². The number of nitrogens with one attached hydrogen (secondary N) is 2. The number of hydrazine groups is 1. The second kappa shape index (κ2) is 7.28. The first-order chi connectivity index (χ1) is 12.8. The van der Waals surface area contributed by atoms with Crippen molar-refractivity contribution in [2.45, 2.75) is 6.18 Å². The largest absolute Gasteiger partial charge is 0.417 e. The van der Waals surface area contributed by atoms with Crippen LogP contribution in [0.4, 0.5) is 23.2 Å². The molecule has 3 aromatic rings. The minimum Gasteiger partial charge on any atom is -0.298 e. The molecule has 2 N–H and O–H groups in total. The van der Waals surface area contributed by atoms with Gasteiger partial charge in [-0.05, 0) is 36.4 Å². The van der Waals surface area contributed by atoms with Gasteiger partial charge in [0, 0.05) is 12.4 Å². The molecule has 0 fully saturated rings. The van der Waals surface area contributed by atoms with E-state index in [9.17, 15) is 22.4 Å². The van der Waals surface area contributed by atoms with Gasteiger partial charge in [-0.15, -0.1) is 0 Å². The van der Waals surface area contributed by atoms with Crippen LogP contribution in [0.5, 0.6) is 0 Å². The van der Waals surface area contributed by atoms with Crippen molar-refractivity contribution >= 4 is 23.2 Å². The summed E-state index contributed by atoms with van der Waals surface area (Å²) in [5, 5.41) is -0.270. The zero-order valence-corrected chi connectivity index (χ0v) is 14.1. The van der Waals surface area contributed by atoms with E-state index in [4.69, 9.17) is 11.6 Å². The van der Waals surface area contributed by atoms with Crippen LogP contribution in [0.3, 0.4) is 0 Å². The molecule has 0 aliphatic heterocycles. The molecule has 2 heterocycles. The van der Waals surface area contributed by atoms with Gasteiger partial charge < -0.3 is 0 Å². The summed E-state index contributed by atoms with van der Waals surface area (Å²) in [6, 6.07) is 9.08. The molecule has 0 saturated heterocycles. The summed E-state index contributed by atoms with van der Waals surface area (Å²) in [7, 11) is 0. The molecule has 3 rings (SSSR count). The van der Waals surface area contributed by atoms with Gasteiger partial charge in [0.25, 0.3) is 5.91 Å². The Kier molecular flexibility index (Phi) is 5.04. The van der Waals surface area contributed by atoms with E-state index in [1.807, 2.05) is 0 Å². The molecule has 0 unspecified atom stereocenters. The van der Waals surface area contributed by atoms with Crippen LogP contribution in [-0.2, 0) is 6.18 Å². The van der Waals surface area contributed by atoms with Crippen molar-refractivity contribution < 1.29 is 22.4 Å². The molecule has 0 radical (unpaired) electrons. The van der Waals surface area contributed by atoms with Crippen molar-refractivity contribution in [1.29, 1.82) is 0 Å². The van der Waals surface area contributed by atoms with Gasteiger partial charge in [-0.25, -0.2) is 9.37 Å². The highest BCUT2D eigenvalue weighted by atomic mass is 35.5. The van der Waals surface area contributed by atoms with E-state index in [1.165, 1.54) is 47.2 Å². The minimum absolute atomic E-state index is 0.0365.